The summed E-state index contributed by atoms with van der Waals surface area (Å²) in [6.45, 7) is 11.9. The number of nitrogens with one attached hydrogen (secondary N) is 4. The first kappa shape index (κ1) is 36.4. The Morgan fingerprint density at radius 3 is 1.19 bits per heavy atom. The van der Waals surface area contributed by atoms with Gasteiger partial charge in [-0.3, -0.25) is 10.8 Å². The van der Waals surface area contributed by atoms with Gasteiger partial charge in [0.1, 0.15) is 61.1 Å². The van der Waals surface area contributed by atoms with E-state index in [1.807, 2.05) is 0 Å². The molecular formula is C36H40N8O4. The second kappa shape index (κ2) is 20.9. The molecule has 0 heterocycles. The maximum Gasteiger partial charge on any atom is 0.187 e. The molecule has 0 bridgehead atoms. The second-order valence-electron chi connectivity index (χ2n) is 10.0. The first-order valence-electron chi connectivity index (χ1n) is 15.2. The van der Waals surface area contributed by atoms with Gasteiger partial charge in [-0.25, -0.2) is 4.85 Å². The van der Waals surface area contributed by atoms with Crippen molar-refractivity contribution in [1.82, 2.24) is 10.6 Å². The van der Waals surface area contributed by atoms with E-state index in [4.69, 9.17) is 53.1 Å². The molecule has 0 radical (unpaired) electrons. The van der Waals surface area contributed by atoms with Crippen LogP contribution in [-0.2, 0) is 0 Å². The van der Waals surface area contributed by atoms with Gasteiger partial charge >= 0.3 is 0 Å². The maximum atomic E-state index is 8.71. The van der Waals surface area contributed by atoms with E-state index in [9.17, 15) is 0 Å². The zero-order valence-corrected chi connectivity index (χ0v) is 26.6. The molecule has 248 valence electrons. The van der Waals surface area contributed by atoms with Crippen LogP contribution in [0.3, 0.4) is 0 Å². The van der Waals surface area contributed by atoms with E-state index in [1.165, 1.54) is 0 Å². The number of nitrogen functional groups attached to an aromatic ring is 2. The van der Waals surface area contributed by atoms with Crippen LogP contribution in [0.15, 0.2) is 97.1 Å². The molecule has 48 heavy (non-hydrogen) atoms. The van der Waals surface area contributed by atoms with Gasteiger partial charge in [-0.2, -0.15) is 5.26 Å². The Morgan fingerprint density at radius 2 is 0.896 bits per heavy atom. The van der Waals surface area contributed by atoms with Gasteiger partial charge in [0.25, 0.3) is 0 Å². The third-order valence-corrected chi connectivity index (χ3v) is 6.47. The lowest BCUT2D eigenvalue weighted by Crippen LogP contribution is -2.25. The van der Waals surface area contributed by atoms with Gasteiger partial charge in [0, 0.05) is 37.3 Å². The molecule has 0 aliphatic carbocycles. The first-order chi connectivity index (χ1) is 23.4. The fraction of sp³-hybridized carbons (Fsp3) is 0.222. The van der Waals surface area contributed by atoms with E-state index in [2.05, 4.69) is 21.5 Å². The van der Waals surface area contributed by atoms with Crippen LogP contribution < -0.4 is 41.0 Å². The summed E-state index contributed by atoms with van der Waals surface area (Å²) in [6, 6.07) is 30.4. The number of hydrogen-bond acceptors (Lipinski definition) is 9. The minimum atomic E-state index is 0.0455. The normalized spacial score (nSPS) is 9.96. The lowest BCUT2D eigenvalue weighted by molar-refractivity contribution is 0.289. The molecule has 12 heteroatoms. The Bertz CT molecular complexity index is 1510. The van der Waals surface area contributed by atoms with Crippen molar-refractivity contribution in [2.24, 2.45) is 11.5 Å². The Labute approximate surface area is 281 Å². The summed E-state index contributed by atoms with van der Waals surface area (Å²) < 4.78 is 22.3. The van der Waals surface area contributed by atoms with Crippen molar-refractivity contribution < 1.29 is 18.9 Å². The van der Waals surface area contributed by atoms with Gasteiger partial charge in [-0.05, 0) is 84.9 Å². The van der Waals surface area contributed by atoms with Gasteiger partial charge in [-0.1, -0.05) is 12.1 Å². The molecule has 0 spiro atoms. The largest absolute Gasteiger partial charge is 0.492 e. The van der Waals surface area contributed by atoms with Crippen LogP contribution in [0.25, 0.3) is 4.85 Å². The van der Waals surface area contributed by atoms with Crippen LogP contribution in [0.5, 0.6) is 23.0 Å². The molecule has 0 fully saturated rings. The molecule has 12 nitrogen and oxygen atoms in total. The zero-order chi connectivity index (χ0) is 34.4. The van der Waals surface area contributed by atoms with Gasteiger partial charge < -0.3 is 41.0 Å². The van der Waals surface area contributed by atoms with Crippen molar-refractivity contribution in [3.63, 3.8) is 0 Å². The van der Waals surface area contributed by atoms with E-state index in [-0.39, 0.29) is 11.7 Å². The summed E-state index contributed by atoms with van der Waals surface area (Å²) >= 11 is 0. The molecule has 0 atom stereocenters. The van der Waals surface area contributed by atoms with E-state index in [0.29, 0.717) is 75.0 Å². The predicted molar refractivity (Wildman–Crippen MR) is 186 cm³/mol. The summed E-state index contributed by atoms with van der Waals surface area (Å²) in [4.78, 5) is 3.33. The minimum Gasteiger partial charge on any atom is -0.492 e. The number of ether oxygens (including phenoxy) is 4. The number of nitriles is 1. The topological polar surface area (TPSA) is 189 Å². The third kappa shape index (κ3) is 13.9. The van der Waals surface area contributed by atoms with Crippen LogP contribution >= 0.6 is 0 Å². The highest BCUT2D eigenvalue weighted by Gasteiger charge is 2.00. The lowest BCUT2D eigenvalue weighted by atomic mass is 10.2. The highest BCUT2D eigenvalue weighted by molar-refractivity contribution is 5.95. The summed E-state index contributed by atoms with van der Waals surface area (Å²) in [6.07, 6.45) is 0. The number of rotatable bonds is 18. The van der Waals surface area contributed by atoms with E-state index < -0.39 is 0 Å². The Hall–Kier alpha value is -6.08. The highest BCUT2D eigenvalue weighted by atomic mass is 16.5. The minimum absolute atomic E-state index is 0.0455. The SMILES string of the molecule is N=C(N)c1ccc(OCCNCCOc2ccc(C(=N)N)cc2)cc1.[C-]#[N+]c1ccc(OCCNCCOc2ccc(C#N)cc2)cc1. The average molecular weight is 649 g/mol. The molecule has 0 aliphatic rings. The van der Waals surface area contributed by atoms with Crippen molar-refractivity contribution >= 4 is 17.4 Å². The summed E-state index contributed by atoms with van der Waals surface area (Å²) in [7, 11) is 0. The number of hydrogen-bond donors (Lipinski definition) is 6. The number of benzene rings is 4. The summed E-state index contributed by atoms with van der Waals surface area (Å²) in [5, 5.41) is 29.8. The van der Waals surface area contributed by atoms with Crippen LogP contribution in [0.1, 0.15) is 16.7 Å². The molecule has 4 rings (SSSR count). The van der Waals surface area contributed by atoms with Crippen LogP contribution in [0.2, 0.25) is 0 Å². The lowest BCUT2D eigenvalue weighted by Gasteiger charge is -2.09. The molecule has 0 saturated heterocycles. The molecule has 0 aromatic heterocycles. The molecule has 0 unspecified atom stereocenters. The van der Waals surface area contributed by atoms with Crippen LogP contribution in [0, 0.1) is 28.7 Å². The predicted octanol–water partition coefficient (Wildman–Crippen LogP) is 4.46. The van der Waals surface area contributed by atoms with Crippen LogP contribution in [0.4, 0.5) is 5.69 Å². The van der Waals surface area contributed by atoms with Gasteiger partial charge in [0.2, 0.25) is 0 Å². The highest BCUT2D eigenvalue weighted by Crippen LogP contribution is 2.17. The van der Waals surface area contributed by atoms with E-state index >= 15 is 0 Å². The maximum absolute atomic E-state index is 8.71. The standard InChI is InChI=1S/C18H23N5O2.C18H17N3O2/c19-17(20)13-1-5-15(6-2-13)24-11-9-23-10-12-25-16-7-3-14(4-8-16)18(21)22;1-20-16-4-8-18(9-5-16)23-13-11-21-10-12-22-17-6-2-15(14-19)3-7-17/h1-8,23H,9-12H2,(H3,19,20)(H3,21,22);2-9,21H,10-13H2. The second-order valence-corrected chi connectivity index (χ2v) is 10.0. The molecule has 4 aromatic carbocycles. The van der Waals surface area contributed by atoms with Crippen molar-refractivity contribution in [1.29, 1.82) is 16.1 Å². The molecule has 0 aliphatic heterocycles. The Balaban J connectivity index is 0.000000261. The number of nitrogens with zero attached hydrogens (tertiary/aromatic N) is 2. The van der Waals surface area contributed by atoms with Crippen LogP contribution in [-0.4, -0.2) is 64.3 Å². The first-order valence-corrected chi connectivity index (χ1v) is 15.2. The smallest absolute Gasteiger partial charge is 0.187 e. The quantitative estimate of drug-likeness (QED) is 0.0392. The Morgan fingerprint density at radius 1 is 0.583 bits per heavy atom. The molecular weight excluding hydrogens is 608 g/mol. The number of amidine groups is 2. The van der Waals surface area contributed by atoms with Gasteiger partial charge in [0.15, 0.2) is 5.69 Å². The molecule has 0 amide bonds. The third-order valence-electron chi connectivity index (χ3n) is 6.47. The molecule has 0 saturated carbocycles. The molecule has 4 aromatic rings. The van der Waals surface area contributed by atoms with Crippen molar-refractivity contribution in [3.05, 3.63) is 125 Å². The zero-order valence-electron chi connectivity index (χ0n) is 26.6. The van der Waals surface area contributed by atoms with Gasteiger partial charge in [0.05, 0.1) is 18.2 Å². The van der Waals surface area contributed by atoms with Gasteiger partial charge in [-0.15, -0.1) is 0 Å². The fourth-order valence-corrected chi connectivity index (χ4v) is 3.92. The number of nitrogens with two attached hydrogens (primary N) is 2. The average Bonchev–Trinajstić information content (AvgIpc) is 3.12. The Kier molecular flexibility index (Phi) is 15.8. The fourth-order valence-electron chi connectivity index (χ4n) is 3.92. The monoisotopic (exact) mass is 648 g/mol. The summed E-state index contributed by atoms with van der Waals surface area (Å²) in [5.74, 6) is 3.09. The van der Waals surface area contributed by atoms with E-state index in [0.717, 1.165) is 23.0 Å². The van der Waals surface area contributed by atoms with E-state index in [1.54, 1.807) is 97.1 Å². The van der Waals surface area contributed by atoms with Crippen molar-refractivity contribution in [2.75, 3.05) is 52.6 Å². The van der Waals surface area contributed by atoms with Crippen molar-refractivity contribution in [2.45, 2.75) is 0 Å². The molecule has 8 N–H and O–H groups in total. The summed E-state index contributed by atoms with van der Waals surface area (Å²) in [5.41, 5.74) is 13.4. The van der Waals surface area contributed by atoms with Crippen molar-refractivity contribution in [3.8, 4) is 29.1 Å².